The lowest BCUT2D eigenvalue weighted by Gasteiger charge is -2.11. The third kappa shape index (κ3) is 3.90. The Morgan fingerprint density at radius 2 is 2.31 bits per heavy atom. The van der Waals surface area contributed by atoms with Gasteiger partial charge in [0.25, 0.3) is 0 Å². The Hall–Kier alpha value is -1.56. The number of aliphatic hydroxyl groups is 1. The maximum absolute atomic E-state index is 9.54. The summed E-state index contributed by atoms with van der Waals surface area (Å²) >= 11 is 0. The van der Waals surface area contributed by atoms with E-state index in [4.69, 9.17) is 10.5 Å². The minimum absolute atomic E-state index is 0.145. The van der Waals surface area contributed by atoms with Crippen molar-refractivity contribution >= 4 is 11.8 Å². The molecule has 0 radical (unpaired) electrons. The Morgan fingerprint density at radius 3 is 2.94 bits per heavy atom. The molecule has 0 saturated heterocycles. The Morgan fingerprint density at radius 1 is 1.56 bits per heavy atom. The third-order valence-corrected chi connectivity index (χ3v) is 2.07. The van der Waals surface area contributed by atoms with Gasteiger partial charge in [-0.3, -0.25) is 0 Å². The Balaban J connectivity index is 2.56. The van der Waals surface area contributed by atoms with Gasteiger partial charge in [-0.15, -0.1) is 0 Å². The normalized spacial score (nSPS) is 12.2. The van der Waals surface area contributed by atoms with Gasteiger partial charge in [0, 0.05) is 12.6 Å². The van der Waals surface area contributed by atoms with Crippen molar-refractivity contribution < 1.29 is 9.84 Å². The highest BCUT2D eigenvalue weighted by molar-refractivity contribution is 5.42. The summed E-state index contributed by atoms with van der Waals surface area (Å²) in [6, 6.07) is 1.63. The van der Waals surface area contributed by atoms with Crippen molar-refractivity contribution in [1.82, 2.24) is 9.97 Å². The average Bonchev–Trinajstić information content (AvgIpc) is 2.26. The van der Waals surface area contributed by atoms with Gasteiger partial charge in [0.05, 0.1) is 13.2 Å². The number of nitrogens with zero attached hydrogens (tertiary/aromatic N) is 2. The van der Waals surface area contributed by atoms with Crippen LogP contribution in [0.4, 0.5) is 11.8 Å². The zero-order valence-electron chi connectivity index (χ0n) is 9.60. The first kappa shape index (κ1) is 12.5. The van der Waals surface area contributed by atoms with Crippen LogP contribution in [0.5, 0.6) is 5.88 Å². The molecule has 0 aliphatic carbocycles. The number of hydrogen-bond acceptors (Lipinski definition) is 6. The quantitative estimate of drug-likeness (QED) is 0.659. The molecule has 0 bridgehead atoms. The van der Waals surface area contributed by atoms with Crippen LogP contribution in [-0.2, 0) is 0 Å². The molecule has 1 heterocycles. The van der Waals surface area contributed by atoms with E-state index in [1.165, 1.54) is 7.11 Å². The molecule has 1 aromatic heterocycles. The molecule has 4 N–H and O–H groups in total. The number of nitrogen functional groups attached to an aromatic ring is 1. The maximum Gasteiger partial charge on any atom is 0.225 e. The van der Waals surface area contributed by atoms with Crippen molar-refractivity contribution in [3.63, 3.8) is 0 Å². The fourth-order valence-corrected chi connectivity index (χ4v) is 1.30. The van der Waals surface area contributed by atoms with Gasteiger partial charge in [0.15, 0.2) is 0 Å². The molecule has 1 aromatic rings. The van der Waals surface area contributed by atoms with Crippen LogP contribution in [0.1, 0.15) is 19.8 Å². The summed E-state index contributed by atoms with van der Waals surface area (Å²) in [4.78, 5) is 7.84. The summed E-state index contributed by atoms with van der Waals surface area (Å²) in [6.45, 7) is 2.46. The molecule has 6 heteroatoms. The number of hydrogen-bond donors (Lipinski definition) is 3. The molecule has 1 atom stereocenters. The van der Waals surface area contributed by atoms with Crippen molar-refractivity contribution in [2.75, 3.05) is 24.7 Å². The highest BCUT2D eigenvalue weighted by Crippen LogP contribution is 2.14. The van der Waals surface area contributed by atoms with Crippen LogP contribution in [0, 0.1) is 0 Å². The smallest absolute Gasteiger partial charge is 0.225 e. The number of ether oxygens (including phenoxy) is 1. The monoisotopic (exact) mass is 226 g/mol. The lowest BCUT2D eigenvalue weighted by molar-refractivity contribution is 0.176. The van der Waals surface area contributed by atoms with Crippen molar-refractivity contribution in [1.29, 1.82) is 0 Å². The van der Waals surface area contributed by atoms with E-state index < -0.39 is 0 Å². The maximum atomic E-state index is 9.54. The molecule has 0 aromatic carbocycles. The number of nitrogens with two attached hydrogens (primary N) is 1. The van der Waals surface area contributed by atoms with Crippen molar-refractivity contribution in [3.05, 3.63) is 6.07 Å². The number of methoxy groups -OCH3 is 1. The van der Waals surface area contributed by atoms with E-state index >= 15 is 0 Å². The van der Waals surface area contributed by atoms with Gasteiger partial charge in [-0.25, -0.2) is 0 Å². The lowest BCUT2D eigenvalue weighted by Crippen LogP contribution is -2.19. The molecule has 16 heavy (non-hydrogen) atoms. The third-order valence-electron chi connectivity index (χ3n) is 2.07. The van der Waals surface area contributed by atoms with Crippen LogP contribution in [0.25, 0.3) is 0 Å². The fraction of sp³-hybridized carbons (Fsp3) is 0.600. The highest BCUT2D eigenvalue weighted by Gasteiger charge is 2.05. The molecule has 90 valence electrons. The Kier molecular flexibility index (Phi) is 4.78. The predicted molar refractivity (Wildman–Crippen MR) is 62.4 cm³/mol. The van der Waals surface area contributed by atoms with Crippen molar-refractivity contribution in [2.24, 2.45) is 0 Å². The predicted octanol–water partition coefficient (Wildman–Crippen LogP) is 0.640. The second-order valence-corrected chi connectivity index (χ2v) is 3.48. The minimum Gasteiger partial charge on any atom is -0.481 e. The van der Waals surface area contributed by atoms with Gasteiger partial charge in [0.1, 0.15) is 5.82 Å². The Labute approximate surface area is 94.9 Å². The second kappa shape index (κ2) is 6.12. The highest BCUT2D eigenvalue weighted by atomic mass is 16.5. The fourth-order valence-electron chi connectivity index (χ4n) is 1.30. The summed E-state index contributed by atoms with van der Waals surface area (Å²) in [5.74, 6) is 1.10. The van der Waals surface area contributed by atoms with E-state index in [0.29, 0.717) is 18.2 Å². The van der Waals surface area contributed by atoms with Crippen molar-refractivity contribution in [3.8, 4) is 5.88 Å². The average molecular weight is 226 g/mol. The van der Waals surface area contributed by atoms with Crippen LogP contribution in [0.15, 0.2) is 6.07 Å². The summed E-state index contributed by atoms with van der Waals surface area (Å²) < 4.78 is 4.96. The largest absolute Gasteiger partial charge is 0.481 e. The molecule has 0 aliphatic rings. The molecule has 0 aliphatic heterocycles. The van der Waals surface area contributed by atoms with Gasteiger partial charge >= 0.3 is 0 Å². The number of rotatable bonds is 6. The van der Waals surface area contributed by atoms with Crippen LogP contribution >= 0.6 is 0 Å². The standard InChI is InChI=1S/C10H18N4O2/c1-3-4-7(15)6-12-8-5-9(16-2)14-10(11)13-8/h5,7,15H,3-4,6H2,1-2H3,(H3,11,12,13,14). The van der Waals surface area contributed by atoms with E-state index in [1.54, 1.807) is 6.07 Å². The molecule has 1 unspecified atom stereocenters. The zero-order chi connectivity index (χ0) is 12.0. The van der Waals surface area contributed by atoms with Crippen LogP contribution in [0.2, 0.25) is 0 Å². The molecule has 0 spiro atoms. The SMILES string of the molecule is CCCC(O)CNc1cc(OC)nc(N)n1. The number of anilines is 2. The van der Waals surface area contributed by atoms with Crippen LogP contribution in [0.3, 0.4) is 0 Å². The molecular formula is C10H18N4O2. The van der Waals surface area contributed by atoms with Gasteiger partial charge in [-0.05, 0) is 6.42 Å². The van der Waals surface area contributed by atoms with E-state index in [1.807, 2.05) is 6.92 Å². The molecule has 1 rings (SSSR count). The van der Waals surface area contributed by atoms with Gasteiger partial charge < -0.3 is 20.9 Å². The lowest BCUT2D eigenvalue weighted by atomic mass is 10.2. The number of nitrogens with one attached hydrogen (secondary N) is 1. The first-order valence-corrected chi connectivity index (χ1v) is 5.26. The second-order valence-electron chi connectivity index (χ2n) is 3.48. The zero-order valence-corrected chi connectivity index (χ0v) is 9.60. The van der Waals surface area contributed by atoms with Gasteiger partial charge in [-0.2, -0.15) is 9.97 Å². The number of aromatic nitrogens is 2. The first-order valence-electron chi connectivity index (χ1n) is 5.26. The summed E-state index contributed by atoms with van der Waals surface area (Å²) in [6.07, 6.45) is 1.31. The summed E-state index contributed by atoms with van der Waals surface area (Å²) in [7, 11) is 1.51. The molecular weight excluding hydrogens is 208 g/mol. The first-order chi connectivity index (χ1) is 7.65. The minimum atomic E-state index is -0.382. The summed E-state index contributed by atoms with van der Waals surface area (Å²) in [5.41, 5.74) is 5.50. The van der Waals surface area contributed by atoms with Crippen LogP contribution < -0.4 is 15.8 Å². The van der Waals surface area contributed by atoms with Gasteiger partial charge in [-0.1, -0.05) is 13.3 Å². The Bertz CT molecular complexity index is 333. The molecule has 6 nitrogen and oxygen atoms in total. The topological polar surface area (TPSA) is 93.3 Å². The van der Waals surface area contributed by atoms with Crippen LogP contribution in [-0.4, -0.2) is 34.8 Å². The van der Waals surface area contributed by atoms with Crippen molar-refractivity contribution in [2.45, 2.75) is 25.9 Å². The van der Waals surface area contributed by atoms with E-state index in [2.05, 4.69) is 15.3 Å². The number of aliphatic hydroxyl groups excluding tert-OH is 1. The van der Waals surface area contributed by atoms with E-state index in [9.17, 15) is 5.11 Å². The van der Waals surface area contributed by atoms with E-state index in [0.717, 1.165) is 12.8 Å². The molecule has 0 fully saturated rings. The molecule has 0 saturated carbocycles. The van der Waals surface area contributed by atoms with Gasteiger partial charge in [0.2, 0.25) is 11.8 Å². The molecule has 0 amide bonds. The van der Waals surface area contributed by atoms with E-state index in [-0.39, 0.29) is 12.1 Å². The summed E-state index contributed by atoms with van der Waals surface area (Å²) in [5, 5.41) is 12.5.